The number of sulfonamides is 2. The molecule has 0 bridgehead atoms. The normalized spacial score (nSPS) is 17.9. The highest BCUT2D eigenvalue weighted by Crippen LogP contribution is 2.26. The Kier molecular flexibility index (Phi) is 16.8. The van der Waals surface area contributed by atoms with Gasteiger partial charge in [0.05, 0.1) is 37.6 Å². The van der Waals surface area contributed by atoms with Crippen molar-refractivity contribution >= 4 is 66.5 Å². The summed E-state index contributed by atoms with van der Waals surface area (Å²) in [6.45, 7) is 4.51. The number of nitrogens with one attached hydrogen (secondary N) is 1. The number of carbonyl (C=O) groups is 2. The van der Waals surface area contributed by atoms with Gasteiger partial charge in [-0.1, -0.05) is 23.2 Å². The first-order chi connectivity index (χ1) is 27.7. The number of carboxylic acids is 1. The van der Waals surface area contributed by atoms with E-state index in [1.165, 1.54) is 69.3 Å². The topological polar surface area (TPSA) is 208 Å². The lowest BCUT2D eigenvalue weighted by Gasteiger charge is -2.20. The number of aryl methyl sites for hydroxylation is 2. The minimum atomic E-state index is -3.80. The van der Waals surface area contributed by atoms with E-state index in [0.717, 1.165) is 6.07 Å². The number of nitrogens with two attached hydrogens (primary N) is 1. The van der Waals surface area contributed by atoms with Crippen molar-refractivity contribution in [2.45, 2.75) is 74.4 Å². The van der Waals surface area contributed by atoms with Gasteiger partial charge in [-0.3, -0.25) is 4.79 Å². The zero-order valence-corrected chi connectivity index (χ0v) is 35.4. The number of aliphatic hydroxyl groups is 2. The number of nitrogen functional groups attached to an aromatic ring is 1. The van der Waals surface area contributed by atoms with Gasteiger partial charge >= 0.3 is 5.97 Å². The summed E-state index contributed by atoms with van der Waals surface area (Å²) in [5.41, 5.74) is 7.38. The predicted molar refractivity (Wildman–Crippen MR) is 222 cm³/mol. The summed E-state index contributed by atoms with van der Waals surface area (Å²) >= 11 is 11.1. The maximum Gasteiger partial charge on any atom is 0.335 e. The molecule has 0 aromatic heterocycles. The van der Waals surface area contributed by atoms with Crippen LogP contribution < -0.4 is 11.1 Å². The van der Waals surface area contributed by atoms with Gasteiger partial charge in [0.1, 0.15) is 11.6 Å². The lowest BCUT2D eigenvalue weighted by Crippen LogP contribution is -2.32. The van der Waals surface area contributed by atoms with Crippen LogP contribution in [0.3, 0.4) is 0 Å². The highest BCUT2D eigenvalue weighted by molar-refractivity contribution is 7.89. The van der Waals surface area contributed by atoms with E-state index >= 15 is 0 Å². The van der Waals surface area contributed by atoms with E-state index in [-0.39, 0.29) is 44.1 Å². The van der Waals surface area contributed by atoms with Crippen LogP contribution in [-0.2, 0) is 20.0 Å². The number of nitrogens with zero attached hydrogens (tertiary/aromatic N) is 2. The molecule has 59 heavy (non-hydrogen) atoms. The van der Waals surface area contributed by atoms with E-state index in [2.05, 4.69) is 5.32 Å². The molecule has 4 aromatic rings. The third-order valence-electron chi connectivity index (χ3n) is 9.32. The number of amides is 1. The first kappa shape index (κ1) is 47.5. The maximum absolute atomic E-state index is 13.3. The van der Waals surface area contributed by atoms with Crippen LogP contribution in [0.25, 0.3) is 0 Å². The number of anilines is 2. The third kappa shape index (κ3) is 13.4. The van der Waals surface area contributed by atoms with Gasteiger partial charge in [-0.15, -0.1) is 0 Å². The number of carbonyl (C=O) groups excluding carboxylic acids is 1. The summed E-state index contributed by atoms with van der Waals surface area (Å²) in [6.07, 6.45) is 2.12. The maximum atomic E-state index is 13.3. The standard InChI is InChI=1S/C20H22ClFN2O4S.C14H19NO5S.C6H5ClFN/c1-13-9-14(20(26)23-15-4-5-19(22)18(21)12-15)11-17(10-13)29(27,28)24-7-2-3-16(25)6-8-24;1-10-7-11(14(17)18)9-13(8-10)21(19,20)15-5-2-3-12(16)4-6-15;7-5-3-4(9)1-2-6(5)8/h4-5,9-12,16,25H,2-3,6-8H2,1H3,(H,23,26);7-9,12,16H,2-6H2,1H3,(H,17,18);1-3H,9H2. The van der Waals surface area contributed by atoms with Crippen LogP contribution in [0.2, 0.25) is 10.0 Å². The molecule has 6 N–H and O–H groups in total. The predicted octanol–water partition coefficient (Wildman–Crippen LogP) is 6.87. The van der Waals surface area contributed by atoms with Gasteiger partial charge in [-0.25, -0.2) is 30.4 Å². The van der Waals surface area contributed by atoms with Gasteiger partial charge in [0, 0.05) is 43.1 Å². The van der Waals surface area contributed by atoms with Crippen LogP contribution in [0.4, 0.5) is 20.2 Å². The highest BCUT2D eigenvalue weighted by atomic mass is 35.5. The number of benzene rings is 4. The monoisotopic (exact) mass is 898 g/mol. The average Bonchev–Trinajstić information content (AvgIpc) is 3.54. The summed E-state index contributed by atoms with van der Waals surface area (Å²) in [5, 5.41) is 31.0. The fourth-order valence-electron chi connectivity index (χ4n) is 6.22. The van der Waals surface area contributed by atoms with Crippen molar-refractivity contribution in [3.8, 4) is 0 Å². The average molecular weight is 900 g/mol. The minimum Gasteiger partial charge on any atom is -0.478 e. The molecule has 2 fully saturated rings. The van der Waals surface area contributed by atoms with E-state index in [4.69, 9.17) is 34.0 Å². The van der Waals surface area contributed by atoms with Crippen LogP contribution in [0, 0.1) is 25.5 Å². The van der Waals surface area contributed by atoms with Crippen molar-refractivity contribution in [3.05, 3.63) is 117 Å². The van der Waals surface area contributed by atoms with Crippen molar-refractivity contribution in [2.75, 3.05) is 37.2 Å². The summed E-state index contributed by atoms with van der Waals surface area (Å²) in [5.74, 6) is -2.72. The number of halogens is 4. The second-order valence-corrected chi connectivity index (χ2v) is 18.8. The molecule has 13 nitrogen and oxygen atoms in total. The lowest BCUT2D eigenvalue weighted by molar-refractivity contribution is 0.0696. The Hall–Kier alpha value is -4.20. The molecule has 1 amide bonds. The molecule has 2 heterocycles. The van der Waals surface area contributed by atoms with Crippen molar-refractivity contribution < 1.29 is 50.5 Å². The molecule has 2 unspecified atom stereocenters. The summed E-state index contributed by atoms with van der Waals surface area (Å²) < 4.78 is 79.7. The Morgan fingerprint density at radius 1 is 0.678 bits per heavy atom. The molecule has 19 heteroatoms. The fraction of sp³-hybridized carbons (Fsp3) is 0.350. The van der Waals surface area contributed by atoms with E-state index in [1.807, 2.05) is 0 Å². The van der Waals surface area contributed by atoms with Gasteiger partial charge in [0.15, 0.2) is 0 Å². The summed E-state index contributed by atoms with van der Waals surface area (Å²) in [4.78, 5) is 23.7. The SMILES string of the molecule is Cc1cc(C(=O)Nc2ccc(F)c(Cl)c2)cc(S(=O)(=O)N2CCCC(O)CC2)c1.Cc1cc(C(=O)O)cc(S(=O)(=O)N2CCCC(O)CC2)c1.Nc1ccc(F)c(Cl)c1. The number of aromatic carboxylic acids is 1. The molecule has 6 rings (SSSR count). The number of hydrogen-bond donors (Lipinski definition) is 5. The highest BCUT2D eigenvalue weighted by Gasteiger charge is 2.29. The van der Waals surface area contributed by atoms with Gasteiger partial charge in [-0.05, 0) is 136 Å². The second-order valence-electron chi connectivity index (χ2n) is 14.1. The van der Waals surface area contributed by atoms with E-state index < -0.39 is 55.8 Å². The molecule has 2 aliphatic rings. The molecule has 0 aliphatic carbocycles. The number of aliphatic hydroxyl groups excluding tert-OH is 2. The smallest absolute Gasteiger partial charge is 0.335 e. The number of carboxylic acid groups (broad SMARTS) is 1. The molecule has 4 aromatic carbocycles. The van der Waals surface area contributed by atoms with Gasteiger partial charge < -0.3 is 26.4 Å². The molecule has 2 aliphatic heterocycles. The zero-order chi connectivity index (χ0) is 43.7. The minimum absolute atomic E-state index is 0.00344. The number of rotatable bonds is 7. The Balaban J connectivity index is 0.000000222. The Bertz CT molecular complexity index is 2370. The largest absolute Gasteiger partial charge is 0.478 e. The zero-order valence-electron chi connectivity index (χ0n) is 32.2. The second kappa shape index (κ2) is 20.9. The van der Waals surface area contributed by atoms with Crippen LogP contribution >= 0.6 is 23.2 Å². The molecule has 320 valence electrons. The first-order valence-electron chi connectivity index (χ1n) is 18.5. The third-order valence-corrected chi connectivity index (χ3v) is 13.7. The van der Waals surface area contributed by atoms with Crippen LogP contribution in [-0.4, -0.2) is 91.0 Å². The quantitative estimate of drug-likeness (QED) is 0.122. The van der Waals surface area contributed by atoms with E-state index in [1.54, 1.807) is 19.9 Å². The fourth-order valence-corrected chi connectivity index (χ4v) is 9.84. The van der Waals surface area contributed by atoms with E-state index in [9.17, 15) is 45.4 Å². The van der Waals surface area contributed by atoms with Crippen LogP contribution in [0.1, 0.15) is 70.4 Å². The molecule has 2 atom stereocenters. The van der Waals surface area contributed by atoms with Gasteiger partial charge in [0.25, 0.3) is 5.91 Å². The van der Waals surface area contributed by atoms with Crippen molar-refractivity contribution in [1.29, 1.82) is 0 Å². The lowest BCUT2D eigenvalue weighted by atomic mass is 10.1. The van der Waals surface area contributed by atoms with Crippen molar-refractivity contribution in [2.24, 2.45) is 0 Å². The van der Waals surface area contributed by atoms with Gasteiger partial charge in [0.2, 0.25) is 20.0 Å². The van der Waals surface area contributed by atoms with Crippen molar-refractivity contribution in [3.63, 3.8) is 0 Å². The van der Waals surface area contributed by atoms with Gasteiger partial charge in [-0.2, -0.15) is 8.61 Å². The molecule has 0 saturated carbocycles. The molecule has 2 saturated heterocycles. The Morgan fingerprint density at radius 2 is 1.14 bits per heavy atom. The Morgan fingerprint density at radius 3 is 1.59 bits per heavy atom. The van der Waals surface area contributed by atoms with Crippen LogP contribution in [0.5, 0.6) is 0 Å². The number of hydrogen-bond acceptors (Lipinski definition) is 9. The molecule has 0 radical (unpaired) electrons. The first-order valence-corrected chi connectivity index (χ1v) is 22.1. The molecular weight excluding hydrogens is 853 g/mol. The summed E-state index contributed by atoms with van der Waals surface area (Å²) in [7, 11) is -7.53. The summed E-state index contributed by atoms with van der Waals surface area (Å²) in [6, 6.07) is 16.4. The molecule has 0 spiro atoms. The molecular formula is C40H46Cl2F2N4O9S2. The van der Waals surface area contributed by atoms with Crippen LogP contribution in [0.15, 0.2) is 82.6 Å². The Labute approximate surface area is 352 Å². The van der Waals surface area contributed by atoms with E-state index in [0.29, 0.717) is 74.1 Å². The van der Waals surface area contributed by atoms with Crippen molar-refractivity contribution in [1.82, 2.24) is 8.61 Å².